The molecule has 5 rings (SSSR count). The maximum absolute atomic E-state index is 8.97. The summed E-state index contributed by atoms with van der Waals surface area (Å²) in [5.74, 6) is 1.82. The fraction of sp³-hybridized carbons (Fsp3) is 0.217. The average Bonchev–Trinajstić information content (AvgIpc) is 3.49. The van der Waals surface area contributed by atoms with E-state index in [0.717, 1.165) is 22.8 Å². The number of H-pyrrole nitrogens is 1. The summed E-state index contributed by atoms with van der Waals surface area (Å²) in [6.07, 6.45) is 4.19. The quantitative estimate of drug-likeness (QED) is 0.429. The van der Waals surface area contributed by atoms with Crippen LogP contribution in [0.3, 0.4) is 0 Å². The number of rotatable bonds is 5. The second-order valence-electron chi connectivity index (χ2n) is 7.74. The number of aryl methyl sites for hydroxylation is 2. The fourth-order valence-corrected chi connectivity index (χ4v) is 3.70. The Labute approximate surface area is 174 Å². The molecule has 30 heavy (non-hydrogen) atoms. The van der Waals surface area contributed by atoms with Gasteiger partial charge in [0.15, 0.2) is 11.5 Å². The molecule has 0 aliphatic heterocycles. The van der Waals surface area contributed by atoms with E-state index in [9.17, 15) is 0 Å². The second kappa shape index (κ2) is 7.16. The van der Waals surface area contributed by atoms with Crippen LogP contribution >= 0.6 is 0 Å². The molecule has 4 aromatic rings. The Hall–Kier alpha value is -3.92. The summed E-state index contributed by atoms with van der Waals surface area (Å²) < 4.78 is 0. The van der Waals surface area contributed by atoms with E-state index in [1.807, 2.05) is 12.1 Å². The Kier molecular flexibility index (Phi) is 4.32. The normalized spacial score (nSPS) is 13.2. The lowest BCUT2D eigenvalue weighted by molar-refractivity contribution is 1.11. The zero-order valence-corrected chi connectivity index (χ0v) is 16.8. The minimum Gasteiger partial charge on any atom is -0.340 e. The van der Waals surface area contributed by atoms with Crippen molar-refractivity contribution in [3.8, 4) is 6.07 Å². The van der Waals surface area contributed by atoms with E-state index in [2.05, 4.69) is 62.6 Å². The van der Waals surface area contributed by atoms with Gasteiger partial charge in [-0.25, -0.2) is 4.98 Å². The molecule has 1 aliphatic rings. The van der Waals surface area contributed by atoms with Crippen molar-refractivity contribution in [3.63, 3.8) is 0 Å². The summed E-state index contributed by atoms with van der Waals surface area (Å²) in [5, 5.41) is 15.7. The summed E-state index contributed by atoms with van der Waals surface area (Å²) in [6, 6.07) is 13.8. The zero-order chi connectivity index (χ0) is 20.7. The van der Waals surface area contributed by atoms with Crippen LogP contribution in [0.5, 0.6) is 0 Å². The van der Waals surface area contributed by atoms with Gasteiger partial charge in [-0.3, -0.25) is 0 Å². The number of benzene rings is 2. The van der Waals surface area contributed by atoms with Crippen LogP contribution in [0.4, 0.5) is 23.1 Å². The molecule has 0 saturated heterocycles. The largest absolute Gasteiger partial charge is 0.340 e. The number of hydrogen-bond donors (Lipinski definition) is 3. The zero-order valence-electron chi connectivity index (χ0n) is 16.8. The number of aromatic amines is 1. The van der Waals surface area contributed by atoms with Crippen molar-refractivity contribution in [3.05, 3.63) is 65.0 Å². The van der Waals surface area contributed by atoms with E-state index in [0.29, 0.717) is 23.0 Å². The average molecular weight is 395 g/mol. The molecule has 0 bridgehead atoms. The van der Waals surface area contributed by atoms with Gasteiger partial charge in [0.05, 0.1) is 18.0 Å². The molecule has 0 spiro atoms. The molecule has 0 amide bonds. The van der Waals surface area contributed by atoms with Crippen LogP contribution in [0.15, 0.2) is 42.7 Å². The van der Waals surface area contributed by atoms with Crippen LogP contribution in [-0.2, 0) is 0 Å². The van der Waals surface area contributed by atoms with Crippen LogP contribution in [0.1, 0.15) is 41.0 Å². The lowest BCUT2D eigenvalue weighted by Crippen LogP contribution is -2.04. The van der Waals surface area contributed by atoms with Crippen molar-refractivity contribution >= 4 is 34.3 Å². The van der Waals surface area contributed by atoms with Crippen molar-refractivity contribution in [2.24, 2.45) is 0 Å². The first-order valence-corrected chi connectivity index (χ1v) is 9.97. The van der Waals surface area contributed by atoms with Crippen molar-refractivity contribution < 1.29 is 0 Å². The number of hydrogen-bond acceptors (Lipinski definition) is 6. The number of aromatic nitrogens is 4. The van der Waals surface area contributed by atoms with E-state index >= 15 is 0 Å². The van der Waals surface area contributed by atoms with E-state index < -0.39 is 0 Å². The molecule has 0 atom stereocenters. The van der Waals surface area contributed by atoms with E-state index in [1.165, 1.54) is 29.5 Å². The lowest BCUT2D eigenvalue weighted by atomic mass is 10.0. The predicted molar refractivity (Wildman–Crippen MR) is 117 cm³/mol. The Morgan fingerprint density at radius 2 is 1.77 bits per heavy atom. The van der Waals surface area contributed by atoms with Crippen molar-refractivity contribution in [1.29, 1.82) is 5.26 Å². The fourth-order valence-electron chi connectivity index (χ4n) is 3.70. The van der Waals surface area contributed by atoms with Gasteiger partial charge in [-0.2, -0.15) is 15.2 Å². The Bertz CT molecular complexity index is 1250. The van der Waals surface area contributed by atoms with Gasteiger partial charge in [0.2, 0.25) is 5.95 Å². The highest BCUT2D eigenvalue weighted by Crippen LogP contribution is 2.42. The Morgan fingerprint density at radius 1 is 1.03 bits per heavy atom. The van der Waals surface area contributed by atoms with Gasteiger partial charge in [-0.15, -0.1) is 0 Å². The van der Waals surface area contributed by atoms with Gasteiger partial charge in [0.1, 0.15) is 5.52 Å². The van der Waals surface area contributed by atoms with E-state index in [1.54, 1.807) is 18.5 Å². The molecule has 1 saturated carbocycles. The maximum Gasteiger partial charge on any atom is 0.231 e. The predicted octanol–water partition coefficient (Wildman–Crippen LogP) is 5.21. The van der Waals surface area contributed by atoms with Crippen LogP contribution in [0.2, 0.25) is 0 Å². The third-order valence-corrected chi connectivity index (χ3v) is 5.40. The summed E-state index contributed by atoms with van der Waals surface area (Å²) in [4.78, 5) is 16.6. The van der Waals surface area contributed by atoms with E-state index in [4.69, 9.17) is 5.26 Å². The Balaban J connectivity index is 1.49. The molecule has 2 heterocycles. The molecule has 2 aromatic carbocycles. The van der Waals surface area contributed by atoms with Gasteiger partial charge in [-0.1, -0.05) is 12.1 Å². The minimum absolute atomic E-state index is 0.437. The smallest absolute Gasteiger partial charge is 0.231 e. The van der Waals surface area contributed by atoms with Gasteiger partial charge in [0.25, 0.3) is 0 Å². The summed E-state index contributed by atoms with van der Waals surface area (Å²) >= 11 is 0. The first-order valence-electron chi connectivity index (χ1n) is 9.97. The molecular formula is C23H21N7. The van der Waals surface area contributed by atoms with Crippen LogP contribution in [-0.4, -0.2) is 19.9 Å². The molecule has 0 unspecified atom stereocenters. The second-order valence-corrected chi connectivity index (χ2v) is 7.74. The first kappa shape index (κ1) is 18.1. The summed E-state index contributed by atoms with van der Waals surface area (Å²) in [5.41, 5.74) is 7.61. The van der Waals surface area contributed by atoms with Gasteiger partial charge >= 0.3 is 0 Å². The molecule has 7 nitrogen and oxygen atoms in total. The van der Waals surface area contributed by atoms with Gasteiger partial charge < -0.3 is 15.6 Å². The third kappa shape index (κ3) is 3.44. The van der Waals surface area contributed by atoms with Crippen LogP contribution in [0.25, 0.3) is 11.2 Å². The van der Waals surface area contributed by atoms with Crippen molar-refractivity contribution in [2.75, 3.05) is 10.6 Å². The highest BCUT2D eigenvalue weighted by molar-refractivity contribution is 5.87. The molecule has 2 aromatic heterocycles. The molecule has 1 aliphatic carbocycles. The Morgan fingerprint density at radius 3 is 2.43 bits per heavy atom. The van der Waals surface area contributed by atoms with E-state index in [-0.39, 0.29) is 0 Å². The SMILES string of the molecule is Cc1cc(C2CC2)cc(C)c1Nc1nc(Nc2ccc(C#N)cc2)nc2nc[nH]c12. The standard InChI is InChI=1S/C23H21N7/c1-13-9-17(16-5-6-16)10-14(2)19(13)28-22-20-21(26-12-25-20)29-23(30-22)27-18-7-3-15(11-24)4-8-18/h3-4,7-10,12,16H,5-6H2,1-2H3,(H3,25,26,27,28,29,30). The third-order valence-electron chi connectivity index (χ3n) is 5.40. The number of fused-ring (bicyclic) bond motifs is 1. The number of nitrogens with one attached hydrogen (secondary N) is 3. The number of nitrogens with zero attached hydrogens (tertiary/aromatic N) is 4. The maximum atomic E-state index is 8.97. The summed E-state index contributed by atoms with van der Waals surface area (Å²) in [6.45, 7) is 4.25. The molecule has 1 fully saturated rings. The minimum atomic E-state index is 0.437. The highest BCUT2D eigenvalue weighted by atomic mass is 15.2. The first-order chi connectivity index (χ1) is 14.6. The molecule has 0 radical (unpaired) electrons. The number of anilines is 4. The van der Waals surface area contributed by atoms with Crippen molar-refractivity contribution in [1.82, 2.24) is 19.9 Å². The van der Waals surface area contributed by atoms with Crippen molar-refractivity contribution in [2.45, 2.75) is 32.6 Å². The lowest BCUT2D eigenvalue weighted by Gasteiger charge is -2.15. The molecule has 3 N–H and O–H groups in total. The van der Waals surface area contributed by atoms with Crippen LogP contribution in [0, 0.1) is 25.2 Å². The summed E-state index contributed by atoms with van der Waals surface area (Å²) in [7, 11) is 0. The highest BCUT2D eigenvalue weighted by Gasteiger charge is 2.24. The molecular weight excluding hydrogens is 374 g/mol. The molecule has 7 heteroatoms. The topological polar surface area (TPSA) is 102 Å². The number of nitriles is 1. The van der Waals surface area contributed by atoms with Gasteiger partial charge in [-0.05, 0) is 73.6 Å². The number of imidazole rings is 1. The van der Waals surface area contributed by atoms with Crippen LogP contribution < -0.4 is 10.6 Å². The van der Waals surface area contributed by atoms with Gasteiger partial charge in [0, 0.05) is 11.4 Å². The monoisotopic (exact) mass is 395 g/mol. The molecule has 148 valence electrons.